The number of hydrogen-bond donors (Lipinski definition) is 0. The van der Waals surface area contributed by atoms with Crippen LogP contribution in [0.25, 0.3) is 0 Å². The first-order valence-corrected chi connectivity index (χ1v) is 16.6. The van der Waals surface area contributed by atoms with Crippen LogP contribution in [0.3, 0.4) is 0 Å². The Morgan fingerprint density at radius 2 is 1.50 bits per heavy atom. The van der Waals surface area contributed by atoms with Crippen molar-refractivity contribution in [2.24, 2.45) is 11.3 Å². The summed E-state index contributed by atoms with van der Waals surface area (Å²) < 4.78 is 25.4. The van der Waals surface area contributed by atoms with Gasteiger partial charge >= 0.3 is 17.9 Å². The Labute approximate surface area is 281 Å². The summed E-state index contributed by atoms with van der Waals surface area (Å²) in [6, 6.07) is 15.5. The molecule has 250 valence electrons. The van der Waals surface area contributed by atoms with Crippen LogP contribution in [-0.2, 0) is 18.9 Å². The summed E-state index contributed by atoms with van der Waals surface area (Å²) in [6.07, 6.45) is 9.71. The number of nitrogens with zero attached hydrogens (tertiary/aromatic N) is 2. The Morgan fingerprint density at radius 3 is 2.12 bits per heavy atom. The molecule has 0 amide bonds. The molecule has 3 heterocycles. The second kappa shape index (κ2) is 13.8. The van der Waals surface area contributed by atoms with Crippen molar-refractivity contribution in [1.82, 2.24) is 9.97 Å². The second-order valence-corrected chi connectivity index (χ2v) is 13.6. The van der Waals surface area contributed by atoms with Gasteiger partial charge in [0.1, 0.15) is 18.8 Å². The predicted molar refractivity (Wildman–Crippen MR) is 178 cm³/mol. The molecule has 0 radical (unpaired) electrons. The lowest BCUT2D eigenvalue weighted by atomic mass is 9.68. The summed E-state index contributed by atoms with van der Waals surface area (Å²) in [7, 11) is 0. The molecule has 0 bridgehead atoms. The normalized spacial score (nSPS) is 29.2. The lowest BCUT2D eigenvalue weighted by molar-refractivity contribution is -0.0796. The first kappa shape index (κ1) is 33.3. The number of carbonyl (C=O) groups is 3. The molecule has 1 aromatic carbocycles. The van der Waals surface area contributed by atoms with Gasteiger partial charge in [-0.3, -0.25) is 9.97 Å². The molecular weight excluding hydrogens is 608 g/mol. The van der Waals surface area contributed by atoms with E-state index in [0.717, 1.165) is 29.6 Å². The van der Waals surface area contributed by atoms with Crippen molar-refractivity contribution in [2.45, 2.75) is 83.7 Å². The van der Waals surface area contributed by atoms with Crippen LogP contribution in [0, 0.1) is 11.3 Å². The van der Waals surface area contributed by atoms with Gasteiger partial charge in [-0.25, -0.2) is 14.4 Å². The fourth-order valence-electron chi connectivity index (χ4n) is 7.44. The van der Waals surface area contributed by atoms with E-state index < -0.39 is 47.0 Å². The highest BCUT2D eigenvalue weighted by Gasteiger charge is 2.61. The van der Waals surface area contributed by atoms with Gasteiger partial charge < -0.3 is 18.9 Å². The molecule has 0 N–H and O–H groups in total. The Balaban J connectivity index is 1.49. The molecule has 1 aliphatic heterocycles. The Bertz CT molecular complexity index is 1700. The van der Waals surface area contributed by atoms with Gasteiger partial charge in [0.25, 0.3) is 0 Å². The number of allylic oxidation sites excluding steroid dienone is 2. The summed E-state index contributed by atoms with van der Waals surface area (Å²) in [5, 5.41) is 0. The number of epoxide rings is 1. The molecule has 48 heavy (non-hydrogen) atoms. The highest BCUT2D eigenvalue weighted by molar-refractivity contribution is 5.90. The third kappa shape index (κ3) is 6.97. The number of carbonyl (C=O) groups excluding carboxylic acids is 3. The standard InChI is InChI=1S/C39H42N2O7/c1-25(2)30-16-17-39(24-45-35(42)27-10-6-5-7-11-27)33(47-37(44)29-13-9-19-41-23-29)20-26(3)14-15-32-38(4,48-32)21-31(34(30)39)46-36(43)28-12-8-18-40-22-28/h5-13,18-20,22-23,31-34H,14-17,21,24H2,1-4H3/b26-20+/t31-,32+,33+,34-,38+,39+/m0/s1. The molecule has 2 fully saturated rings. The molecule has 1 saturated carbocycles. The fraction of sp³-hybridized carbons (Fsp3) is 0.410. The van der Waals surface area contributed by atoms with Crippen LogP contribution in [0.5, 0.6) is 0 Å². The Hall–Kier alpha value is -4.63. The van der Waals surface area contributed by atoms with Crippen LogP contribution in [-0.4, -0.2) is 58.4 Å². The van der Waals surface area contributed by atoms with E-state index in [4.69, 9.17) is 18.9 Å². The lowest BCUT2D eigenvalue weighted by Crippen LogP contribution is -2.50. The molecule has 3 aliphatic rings. The molecule has 9 nitrogen and oxygen atoms in total. The van der Waals surface area contributed by atoms with Gasteiger partial charge in [0, 0.05) is 37.1 Å². The topological polar surface area (TPSA) is 117 Å². The number of benzene rings is 1. The van der Waals surface area contributed by atoms with Crippen LogP contribution in [0.2, 0.25) is 0 Å². The van der Waals surface area contributed by atoms with Gasteiger partial charge in [0.2, 0.25) is 0 Å². The number of hydrogen-bond acceptors (Lipinski definition) is 9. The van der Waals surface area contributed by atoms with Crippen molar-refractivity contribution in [3.63, 3.8) is 0 Å². The number of rotatable bonds is 7. The van der Waals surface area contributed by atoms with Crippen molar-refractivity contribution in [2.75, 3.05) is 6.61 Å². The van der Waals surface area contributed by atoms with E-state index in [-0.39, 0.29) is 12.7 Å². The Kier molecular flexibility index (Phi) is 9.60. The van der Waals surface area contributed by atoms with Crippen LogP contribution in [0.15, 0.2) is 102 Å². The SMILES string of the molecule is CC(C)=C1CC[C@@]2(COC(=O)c3ccccc3)[C@H](OC(=O)c3cccnc3)/C=C(\C)CC[C@H]3O[C@]3(C)C[C@H](OC(=O)c3cccnc3)[C@H]12. The quantitative estimate of drug-likeness (QED) is 0.114. The molecule has 2 aliphatic carbocycles. The summed E-state index contributed by atoms with van der Waals surface area (Å²) in [5.41, 5.74) is 2.75. The van der Waals surface area contributed by atoms with Crippen LogP contribution < -0.4 is 0 Å². The van der Waals surface area contributed by atoms with Crippen molar-refractivity contribution < 1.29 is 33.3 Å². The van der Waals surface area contributed by atoms with Crippen LogP contribution >= 0.6 is 0 Å². The van der Waals surface area contributed by atoms with Crippen molar-refractivity contribution >= 4 is 17.9 Å². The molecule has 6 rings (SSSR count). The molecule has 0 unspecified atom stereocenters. The van der Waals surface area contributed by atoms with Gasteiger partial charge in [-0.15, -0.1) is 0 Å². The van der Waals surface area contributed by atoms with E-state index in [1.807, 2.05) is 32.9 Å². The first-order valence-electron chi connectivity index (χ1n) is 16.6. The van der Waals surface area contributed by atoms with E-state index in [0.29, 0.717) is 36.0 Å². The highest BCUT2D eigenvalue weighted by atomic mass is 16.6. The molecule has 9 heteroatoms. The number of aromatic nitrogens is 2. The van der Waals surface area contributed by atoms with Gasteiger partial charge in [-0.05, 0) is 95.9 Å². The lowest BCUT2D eigenvalue weighted by Gasteiger charge is -2.43. The van der Waals surface area contributed by atoms with E-state index in [2.05, 4.69) is 16.9 Å². The zero-order valence-electron chi connectivity index (χ0n) is 27.9. The third-order valence-electron chi connectivity index (χ3n) is 10.1. The average Bonchev–Trinajstić information content (AvgIpc) is 3.57. The maximum absolute atomic E-state index is 13.8. The second-order valence-electron chi connectivity index (χ2n) is 13.6. The monoisotopic (exact) mass is 650 g/mol. The van der Waals surface area contributed by atoms with E-state index in [1.54, 1.807) is 60.9 Å². The zero-order chi connectivity index (χ0) is 33.9. The van der Waals surface area contributed by atoms with Gasteiger partial charge in [0.05, 0.1) is 33.8 Å². The zero-order valence-corrected chi connectivity index (χ0v) is 27.9. The van der Waals surface area contributed by atoms with Crippen molar-refractivity contribution in [1.29, 1.82) is 0 Å². The maximum atomic E-state index is 13.8. The molecule has 6 atom stereocenters. The van der Waals surface area contributed by atoms with Crippen LogP contribution in [0.4, 0.5) is 0 Å². The summed E-state index contributed by atoms with van der Waals surface area (Å²) in [5.74, 6) is -1.99. The predicted octanol–water partition coefficient (Wildman–Crippen LogP) is 7.11. The summed E-state index contributed by atoms with van der Waals surface area (Å²) in [4.78, 5) is 49.3. The smallest absolute Gasteiger partial charge is 0.340 e. The largest absolute Gasteiger partial charge is 0.461 e. The third-order valence-corrected chi connectivity index (χ3v) is 10.1. The van der Waals surface area contributed by atoms with E-state index in [9.17, 15) is 14.4 Å². The number of ether oxygens (including phenoxy) is 4. The molecule has 0 spiro atoms. The summed E-state index contributed by atoms with van der Waals surface area (Å²) >= 11 is 0. The first-order chi connectivity index (χ1) is 23.1. The number of fused-ring (bicyclic) bond motifs is 2. The Morgan fingerprint density at radius 1 is 0.854 bits per heavy atom. The highest BCUT2D eigenvalue weighted by Crippen LogP contribution is 2.57. The van der Waals surface area contributed by atoms with E-state index >= 15 is 0 Å². The molecule has 2 aromatic heterocycles. The number of esters is 3. The minimum Gasteiger partial charge on any atom is -0.461 e. The molecular formula is C39H42N2O7. The molecule has 1 saturated heterocycles. The van der Waals surface area contributed by atoms with E-state index in [1.165, 1.54) is 12.4 Å². The minimum atomic E-state index is -0.985. The van der Waals surface area contributed by atoms with Gasteiger partial charge in [-0.1, -0.05) is 34.9 Å². The average molecular weight is 651 g/mol. The van der Waals surface area contributed by atoms with Crippen molar-refractivity contribution in [3.05, 3.63) is 119 Å². The van der Waals surface area contributed by atoms with Crippen molar-refractivity contribution in [3.8, 4) is 0 Å². The fourth-order valence-corrected chi connectivity index (χ4v) is 7.44. The molecule has 3 aromatic rings. The number of pyridine rings is 2. The minimum absolute atomic E-state index is 0.0169. The van der Waals surface area contributed by atoms with Crippen LogP contribution in [0.1, 0.15) is 90.9 Å². The maximum Gasteiger partial charge on any atom is 0.340 e. The summed E-state index contributed by atoms with van der Waals surface area (Å²) in [6.45, 7) is 8.11. The van der Waals surface area contributed by atoms with Gasteiger partial charge in [-0.2, -0.15) is 0 Å². The van der Waals surface area contributed by atoms with Gasteiger partial charge in [0.15, 0.2) is 0 Å².